The molecule has 0 spiro atoms. The molecule has 0 aromatic heterocycles. The van der Waals surface area contributed by atoms with E-state index in [9.17, 15) is 0 Å². The number of hydrogen-bond acceptors (Lipinski definition) is 2. The molecule has 0 aliphatic carbocycles. The molecule has 0 fully saturated rings. The van der Waals surface area contributed by atoms with Gasteiger partial charge in [0.2, 0.25) is 0 Å². The van der Waals surface area contributed by atoms with Crippen LogP contribution in [0.1, 0.15) is 6.42 Å². The molecule has 0 N–H and O–H groups in total. The van der Waals surface area contributed by atoms with Gasteiger partial charge in [-0.15, -0.1) is 0 Å². The van der Waals surface area contributed by atoms with E-state index in [0.717, 1.165) is 18.5 Å². The Morgan fingerprint density at radius 3 is 2.89 bits per heavy atom. The third-order valence-corrected chi connectivity index (χ3v) is 4.91. The van der Waals surface area contributed by atoms with Crippen LogP contribution in [0.4, 0.5) is 0 Å². The van der Waals surface area contributed by atoms with Crippen LogP contribution in [0, 0.1) is 0 Å². The molecule has 0 rings (SSSR count). The summed E-state index contributed by atoms with van der Waals surface area (Å²) in [5.41, 5.74) is 0. The van der Waals surface area contributed by atoms with Gasteiger partial charge in [0.25, 0.3) is 0 Å². The van der Waals surface area contributed by atoms with Crippen molar-refractivity contribution in [1.29, 1.82) is 0 Å². The van der Waals surface area contributed by atoms with Gasteiger partial charge in [0, 0.05) is 0 Å². The second-order valence-corrected chi connectivity index (χ2v) is 6.29. The van der Waals surface area contributed by atoms with Gasteiger partial charge in [0.15, 0.2) is 0 Å². The van der Waals surface area contributed by atoms with Crippen LogP contribution in [0.25, 0.3) is 0 Å². The van der Waals surface area contributed by atoms with Gasteiger partial charge in [-0.05, 0) is 0 Å². The summed E-state index contributed by atoms with van der Waals surface area (Å²) in [6.45, 7) is 0. The molecule has 52 valence electrons. The van der Waals surface area contributed by atoms with Crippen LogP contribution in [0.3, 0.4) is 0 Å². The van der Waals surface area contributed by atoms with E-state index in [1.807, 2.05) is 0 Å². The van der Waals surface area contributed by atoms with Crippen molar-refractivity contribution < 1.29 is 0 Å². The Balaban J connectivity index is 3.48. The average Bonchev–Trinajstić information content (AvgIpc) is 1.89. The van der Waals surface area contributed by atoms with Crippen molar-refractivity contribution in [3.05, 3.63) is 0 Å². The zero-order chi connectivity index (χ0) is 6.95. The van der Waals surface area contributed by atoms with Crippen molar-refractivity contribution in [3.63, 3.8) is 0 Å². The molecule has 0 aromatic rings. The predicted molar refractivity (Wildman–Crippen MR) is 56.9 cm³/mol. The van der Waals surface area contributed by atoms with Gasteiger partial charge in [-0.3, -0.25) is 0 Å². The van der Waals surface area contributed by atoms with Crippen LogP contribution in [0.15, 0.2) is 0 Å². The van der Waals surface area contributed by atoms with Gasteiger partial charge >= 0.3 is 76.0 Å². The van der Waals surface area contributed by atoms with E-state index in [1.165, 1.54) is 8.88 Å². The molecule has 0 nitrogen and oxygen atoms in total. The fourth-order valence-electron chi connectivity index (χ4n) is 0.259. The van der Waals surface area contributed by atoms with Crippen molar-refractivity contribution >= 4 is 57.5 Å². The first kappa shape index (κ1) is 10.3. The molecule has 0 aromatic carbocycles. The maximum atomic E-state index is 4.77. The minimum absolute atomic E-state index is 0.864. The zero-order valence-electron chi connectivity index (χ0n) is 4.74. The van der Waals surface area contributed by atoms with Gasteiger partial charge in [-0.25, -0.2) is 0 Å². The Kier molecular flexibility index (Phi) is 10.6. The molecular formula is C3H6BS5-. The van der Waals surface area contributed by atoms with Crippen molar-refractivity contribution in [1.82, 2.24) is 0 Å². The molecule has 0 radical (unpaired) electrons. The SMILES string of the molecule is S=S=S=S=BCCC[S-]. The standard InChI is InChI=1S/C3H7BS5/c5-3-1-2-4-7-9-8-6/h5H,1-3H2/p-1. The summed E-state index contributed by atoms with van der Waals surface area (Å²) in [5, 5.41) is 0. The first-order chi connectivity index (χ1) is 4.41. The predicted octanol–water partition coefficient (Wildman–Crippen LogP) is 0.501. The Labute approximate surface area is 75.6 Å². The number of rotatable bonds is 3. The summed E-state index contributed by atoms with van der Waals surface area (Å²) in [4.78, 5) is 0. The third-order valence-electron chi connectivity index (χ3n) is 0.601. The van der Waals surface area contributed by atoms with E-state index in [-0.39, 0.29) is 0 Å². The number of hydrogen-bond donors (Lipinski definition) is 0. The van der Waals surface area contributed by atoms with Crippen LogP contribution in [0.5, 0.6) is 0 Å². The molecular weight excluding hydrogens is 207 g/mol. The van der Waals surface area contributed by atoms with Gasteiger partial charge in [-0.2, -0.15) is 0 Å². The Bertz CT molecular complexity index is 171. The molecule has 0 heterocycles. The van der Waals surface area contributed by atoms with Crippen LogP contribution in [-0.2, 0) is 51.3 Å². The average molecular weight is 213 g/mol. The topological polar surface area (TPSA) is 0 Å². The minimum atomic E-state index is 0.864. The van der Waals surface area contributed by atoms with Crippen LogP contribution in [0.2, 0.25) is 6.32 Å². The molecule has 0 atom stereocenters. The van der Waals surface area contributed by atoms with E-state index >= 15 is 0 Å². The second kappa shape index (κ2) is 9.29. The van der Waals surface area contributed by atoms with E-state index in [0.29, 0.717) is 0 Å². The summed E-state index contributed by atoms with van der Waals surface area (Å²) in [6.07, 6.45) is 4.37. The molecule has 6 heteroatoms. The zero-order valence-corrected chi connectivity index (χ0v) is 8.82. The van der Waals surface area contributed by atoms with Gasteiger partial charge in [0.1, 0.15) is 0 Å². The normalized spacial score (nSPS) is 7.67. The van der Waals surface area contributed by atoms with Crippen LogP contribution >= 0.6 is 0 Å². The Morgan fingerprint density at radius 1 is 1.56 bits per heavy atom. The van der Waals surface area contributed by atoms with Crippen molar-refractivity contribution in [3.8, 4) is 0 Å². The van der Waals surface area contributed by atoms with Gasteiger partial charge in [0.05, 0.1) is 0 Å². The first-order valence-electron chi connectivity index (χ1n) is 2.43. The van der Waals surface area contributed by atoms with Crippen molar-refractivity contribution in [2.75, 3.05) is 5.75 Å². The fraction of sp³-hybridized carbons (Fsp3) is 1.00. The fourth-order valence-corrected chi connectivity index (χ4v) is 2.98. The van der Waals surface area contributed by atoms with Gasteiger partial charge < -0.3 is 0 Å². The van der Waals surface area contributed by atoms with E-state index in [1.54, 1.807) is 18.6 Å². The summed E-state index contributed by atoms with van der Waals surface area (Å²) in [6, 6.07) is 0. The molecule has 0 saturated carbocycles. The van der Waals surface area contributed by atoms with E-state index in [2.05, 4.69) is 17.3 Å². The molecule has 0 unspecified atom stereocenters. The van der Waals surface area contributed by atoms with Crippen molar-refractivity contribution in [2.45, 2.75) is 12.7 Å². The molecule has 0 bridgehead atoms. The molecule has 0 aliphatic rings. The van der Waals surface area contributed by atoms with Crippen LogP contribution < -0.4 is 0 Å². The Morgan fingerprint density at radius 2 is 2.33 bits per heavy atom. The molecule has 0 saturated heterocycles. The Hall–Kier alpha value is 1.29. The summed E-state index contributed by atoms with van der Waals surface area (Å²) in [7, 11) is 4.68. The first-order valence-corrected chi connectivity index (χ1v) is 7.48. The van der Waals surface area contributed by atoms with Gasteiger partial charge in [-0.1, -0.05) is 0 Å². The molecule has 9 heavy (non-hydrogen) atoms. The summed E-state index contributed by atoms with van der Waals surface area (Å²) in [5.74, 6) is 0.864. The van der Waals surface area contributed by atoms with E-state index in [4.69, 9.17) is 12.6 Å². The molecule has 0 aliphatic heterocycles. The monoisotopic (exact) mass is 213 g/mol. The van der Waals surface area contributed by atoms with E-state index < -0.39 is 0 Å². The van der Waals surface area contributed by atoms with Crippen molar-refractivity contribution in [2.24, 2.45) is 0 Å². The maximum absolute atomic E-state index is 4.77. The van der Waals surface area contributed by atoms with Crippen LogP contribution in [-0.4, -0.2) is 11.9 Å². The summed E-state index contributed by atoms with van der Waals surface area (Å²) < 4.78 is 0. The third kappa shape index (κ3) is 9.29. The second-order valence-electron chi connectivity index (χ2n) is 1.25. The quantitative estimate of drug-likeness (QED) is 0.380. The summed E-state index contributed by atoms with van der Waals surface area (Å²) >= 11 is 9.42. The molecule has 0 amide bonds.